The zero-order valence-corrected chi connectivity index (χ0v) is 14.3. The van der Waals surface area contributed by atoms with Gasteiger partial charge < -0.3 is 15.0 Å². The lowest BCUT2D eigenvalue weighted by Gasteiger charge is -2.16. The first kappa shape index (κ1) is 17.0. The average molecular weight is 338 g/mol. The summed E-state index contributed by atoms with van der Waals surface area (Å²) in [7, 11) is 0. The number of benzene rings is 1. The number of aryl methyl sites for hydroxylation is 2. The molecule has 3 aromatic rings. The van der Waals surface area contributed by atoms with Gasteiger partial charge in [0.25, 0.3) is 0 Å². The number of aliphatic carboxylic acids is 1. The Morgan fingerprint density at radius 2 is 2.12 bits per heavy atom. The number of imidazole rings is 1. The molecule has 6 nitrogen and oxygen atoms in total. The number of hydrogen-bond donors (Lipinski definition) is 2. The zero-order chi connectivity index (χ0) is 17.6. The van der Waals surface area contributed by atoms with Gasteiger partial charge in [-0.25, -0.2) is 4.98 Å². The number of hydrogen-bond acceptors (Lipinski definition) is 4. The molecule has 130 valence electrons. The number of fused-ring (bicyclic) bond motifs is 1. The molecule has 0 radical (unpaired) electrons. The highest BCUT2D eigenvalue weighted by Crippen LogP contribution is 2.29. The van der Waals surface area contributed by atoms with Crippen LogP contribution in [0.2, 0.25) is 0 Å². The van der Waals surface area contributed by atoms with Crippen LogP contribution in [0, 0.1) is 6.92 Å². The molecule has 1 aromatic carbocycles. The summed E-state index contributed by atoms with van der Waals surface area (Å²) in [6.07, 6.45) is 7.54. The van der Waals surface area contributed by atoms with E-state index in [2.05, 4.69) is 19.9 Å². The van der Waals surface area contributed by atoms with Crippen molar-refractivity contribution in [2.45, 2.75) is 32.7 Å². The van der Waals surface area contributed by atoms with E-state index in [0.717, 1.165) is 53.8 Å². The van der Waals surface area contributed by atoms with Gasteiger partial charge in [0.1, 0.15) is 0 Å². The number of carbonyl (C=O) groups is 1. The highest BCUT2D eigenvalue weighted by Gasteiger charge is 2.14. The second kappa shape index (κ2) is 7.79. The van der Waals surface area contributed by atoms with E-state index in [-0.39, 0.29) is 6.42 Å². The summed E-state index contributed by atoms with van der Waals surface area (Å²) in [4.78, 5) is 19.8. The molecule has 2 heterocycles. The molecule has 0 bridgehead atoms. The SMILES string of the molecule is Cc1nc2ccccc2c(NCCCCn2ccnc2)c1CC(=O)O. The number of carboxylic acid groups (broad SMARTS) is 1. The molecule has 0 atom stereocenters. The van der Waals surface area contributed by atoms with Crippen LogP contribution in [0.5, 0.6) is 0 Å². The molecule has 25 heavy (non-hydrogen) atoms. The van der Waals surface area contributed by atoms with E-state index in [4.69, 9.17) is 0 Å². The molecule has 3 rings (SSSR count). The number of unbranched alkanes of at least 4 members (excludes halogenated alkanes) is 1. The highest BCUT2D eigenvalue weighted by atomic mass is 16.4. The Morgan fingerprint density at radius 1 is 1.28 bits per heavy atom. The predicted molar refractivity (Wildman–Crippen MR) is 97.8 cm³/mol. The largest absolute Gasteiger partial charge is 0.481 e. The lowest BCUT2D eigenvalue weighted by Crippen LogP contribution is -2.11. The molecule has 0 amide bonds. The van der Waals surface area contributed by atoms with Crippen molar-refractivity contribution in [2.24, 2.45) is 0 Å². The van der Waals surface area contributed by atoms with Crippen molar-refractivity contribution in [3.8, 4) is 0 Å². The monoisotopic (exact) mass is 338 g/mol. The van der Waals surface area contributed by atoms with Gasteiger partial charge >= 0.3 is 5.97 Å². The van der Waals surface area contributed by atoms with Crippen molar-refractivity contribution in [1.82, 2.24) is 14.5 Å². The number of rotatable bonds is 8. The van der Waals surface area contributed by atoms with Crippen LogP contribution < -0.4 is 5.32 Å². The summed E-state index contributed by atoms with van der Waals surface area (Å²) in [6, 6.07) is 7.84. The summed E-state index contributed by atoms with van der Waals surface area (Å²) >= 11 is 0. The number of anilines is 1. The van der Waals surface area contributed by atoms with Crippen molar-refractivity contribution in [1.29, 1.82) is 0 Å². The maximum absolute atomic E-state index is 11.3. The van der Waals surface area contributed by atoms with Crippen molar-refractivity contribution in [3.05, 3.63) is 54.2 Å². The van der Waals surface area contributed by atoms with Gasteiger partial charge in [0.15, 0.2) is 0 Å². The summed E-state index contributed by atoms with van der Waals surface area (Å²) in [5.74, 6) is -0.844. The van der Waals surface area contributed by atoms with Gasteiger partial charge in [0.2, 0.25) is 0 Å². The molecule has 0 aliphatic rings. The summed E-state index contributed by atoms with van der Waals surface area (Å²) in [6.45, 7) is 3.59. The number of nitrogens with zero attached hydrogens (tertiary/aromatic N) is 3. The van der Waals surface area contributed by atoms with Crippen molar-refractivity contribution < 1.29 is 9.90 Å². The van der Waals surface area contributed by atoms with Crippen LogP contribution in [0.25, 0.3) is 10.9 Å². The van der Waals surface area contributed by atoms with Gasteiger partial charge in [-0.3, -0.25) is 9.78 Å². The van der Waals surface area contributed by atoms with E-state index in [0.29, 0.717) is 0 Å². The molecule has 0 saturated carbocycles. The Hall–Kier alpha value is -2.89. The van der Waals surface area contributed by atoms with Crippen molar-refractivity contribution in [2.75, 3.05) is 11.9 Å². The highest BCUT2D eigenvalue weighted by molar-refractivity contribution is 5.94. The summed E-state index contributed by atoms with van der Waals surface area (Å²) in [5.41, 5.74) is 3.31. The van der Waals surface area contributed by atoms with Gasteiger partial charge in [0.05, 0.1) is 18.3 Å². The third-order valence-electron chi connectivity index (χ3n) is 4.23. The van der Waals surface area contributed by atoms with E-state index in [1.807, 2.05) is 43.7 Å². The fraction of sp³-hybridized carbons (Fsp3) is 0.316. The smallest absolute Gasteiger partial charge is 0.307 e. The number of para-hydroxylation sites is 1. The Balaban J connectivity index is 1.74. The predicted octanol–water partition coefficient (Wildman–Crippen LogP) is 3.26. The van der Waals surface area contributed by atoms with E-state index in [9.17, 15) is 9.90 Å². The summed E-state index contributed by atoms with van der Waals surface area (Å²) in [5, 5.41) is 13.7. The Morgan fingerprint density at radius 3 is 2.88 bits per heavy atom. The molecule has 0 saturated heterocycles. The van der Waals surface area contributed by atoms with Crippen LogP contribution >= 0.6 is 0 Å². The van der Waals surface area contributed by atoms with Crippen LogP contribution in [-0.4, -0.2) is 32.2 Å². The molecular formula is C19H22N4O2. The van der Waals surface area contributed by atoms with Gasteiger partial charge in [-0.2, -0.15) is 0 Å². The standard InChI is InChI=1S/C19H22N4O2/c1-14-16(12-18(24)25)19(15-6-2-3-7-17(15)22-14)21-8-4-5-10-23-11-9-20-13-23/h2-3,6-7,9,11,13H,4-5,8,10,12H2,1H3,(H,21,22)(H,24,25). The molecule has 0 aliphatic heterocycles. The van der Waals surface area contributed by atoms with Gasteiger partial charge in [-0.05, 0) is 25.8 Å². The number of aromatic nitrogens is 3. The zero-order valence-electron chi connectivity index (χ0n) is 14.3. The fourth-order valence-corrected chi connectivity index (χ4v) is 3.00. The maximum Gasteiger partial charge on any atom is 0.307 e. The Bertz CT molecular complexity index is 859. The van der Waals surface area contributed by atoms with Gasteiger partial charge in [-0.15, -0.1) is 0 Å². The Labute approximate surface area is 146 Å². The van der Waals surface area contributed by atoms with E-state index in [1.54, 1.807) is 6.20 Å². The molecule has 6 heteroatoms. The molecule has 2 N–H and O–H groups in total. The molecule has 0 spiro atoms. The lowest BCUT2D eigenvalue weighted by molar-refractivity contribution is -0.136. The molecule has 0 aliphatic carbocycles. The average Bonchev–Trinajstić information content (AvgIpc) is 3.10. The van der Waals surface area contributed by atoms with E-state index >= 15 is 0 Å². The normalized spacial score (nSPS) is 10.9. The van der Waals surface area contributed by atoms with Crippen LogP contribution in [-0.2, 0) is 17.8 Å². The first-order valence-electron chi connectivity index (χ1n) is 8.45. The summed E-state index contributed by atoms with van der Waals surface area (Å²) < 4.78 is 2.06. The second-order valence-electron chi connectivity index (χ2n) is 6.07. The minimum absolute atomic E-state index is 0.0267. The van der Waals surface area contributed by atoms with Crippen LogP contribution in [0.4, 0.5) is 5.69 Å². The minimum atomic E-state index is -0.844. The fourth-order valence-electron chi connectivity index (χ4n) is 3.00. The number of carboxylic acids is 1. The maximum atomic E-state index is 11.3. The molecule has 2 aromatic heterocycles. The number of pyridine rings is 1. The molecular weight excluding hydrogens is 316 g/mol. The number of nitrogens with one attached hydrogen (secondary N) is 1. The van der Waals surface area contributed by atoms with Gasteiger partial charge in [-0.1, -0.05) is 18.2 Å². The first-order valence-corrected chi connectivity index (χ1v) is 8.45. The first-order chi connectivity index (χ1) is 12.1. The van der Waals surface area contributed by atoms with Crippen LogP contribution in [0.3, 0.4) is 0 Å². The van der Waals surface area contributed by atoms with Crippen LogP contribution in [0.15, 0.2) is 43.0 Å². The minimum Gasteiger partial charge on any atom is -0.481 e. The Kier molecular flexibility index (Phi) is 5.28. The lowest BCUT2D eigenvalue weighted by atomic mass is 10.0. The van der Waals surface area contributed by atoms with Gasteiger partial charge in [0, 0.05) is 47.8 Å². The molecule has 0 unspecified atom stereocenters. The van der Waals surface area contributed by atoms with E-state index < -0.39 is 5.97 Å². The van der Waals surface area contributed by atoms with Crippen molar-refractivity contribution in [3.63, 3.8) is 0 Å². The van der Waals surface area contributed by atoms with E-state index in [1.165, 1.54) is 0 Å². The third-order valence-corrected chi connectivity index (χ3v) is 4.23. The molecule has 0 fully saturated rings. The quantitative estimate of drug-likeness (QED) is 0.616. The topological polar surface area (TPSA) is 80.0 Å². The third kappa shape index (κ3) is 4.15. The van der Waals surface area contributed by atoms with Crippen molar-refractivity contribution >= 4 is 22.6 Å². The second-order valence-corrected chi connectivity index (χ2v) is 6.07. The van der Waals surface area contributed by atoms with Crippen LogP contribution in [0.1, 0.15) is 24.1 Å².